The van der Waals surface area contributed by atoms with Crippen molar-refractivity contribution in [3.63, 3.8) is 0 Å². The summed E-state index contributed by atoms with van der Waals surface area (Å²) in [6.45, 7) is 7.96. The maximum atomic E-state index is 11.8. The molecular formula is C26H29ClN2O4. The maximum absolute atomic E-state index is 11.8. The van der Waals surface area contributed by atoms with Crippen molar-refractivity contribution in [1.82, 2.24) is 9.78 Å². The lowest BCUT2D eigenvalue weighted by Gasteiger charge is -2.25. The molecule has 2 heterocycles. The quantitative estimate of drug-likeness (QED) is 0.411. The molecule has 33 heavy (non-hydrogen) atoms. The molecule has 0 saturated carbocycles. The average molecular weight is 469 g/mol. The summed E-state index contributed by atoms with van der Waals surface area (Å²) in [5.41, 5.74) is 2.74. The molecule has 0 atom stereocenters. The fourth-order valence-electron chi connectivity index (χ4n) is 3.38. The summed E-state index contributed by atoms with van der Waals surface area (Å²) < 4.78 is 19.0. The van der Waals surface area contributed by atoms with Crippen LogP contribution in [0, 0.1) is 5.92 Å². The third kappa shape index (κ3) is 5.82. The average Bonchev–Trinajstić information content (AvgIpc) is 3.16. The summed E-state index contributed by atoms with van der Waals surface area (Å²) in [5.74, 6) is 1.23. The van der Waals surface area contributed by atoms with E-state index >= 15 is 0 Å². The molecule has 0 unspecified atom stereocenters. The van der Waals surface area contributed by atoms with Crippen molar-refractivity contribution in [1.29, 1.82) is 0 Å². The number of ether oxygens (including phenoxy) is 3. The molecule has 6 nitrogen and oxygen atoms in total. The molecule has 0 amide bonds. The topological polar surface area (TPSA) is 62.6 Å². The van der Waals surface area contributed by atoms with Crippen molar-refractivity contribution in [2.24, 2.45) is 5.92 Å². The zero-order valence-corrected chi connectivity index (χ0v) is 20.0. The molecule has 1 aromatic heterocycles. The zero-order chi connectivity index (χ0) is 23.4. The van der Waals surface area contributed by atoms with Crippen LogP contribution in [-0.4, -0.2) is 41.0 Å². The minimum absolute atomic E-state index is 0.0278. The number of halogens is 1. The van der Waals surface area contributed by atoms with Gasteiger partial charge < -0.3 is 14.2 Å². The van der Waals surface area contributed by atoms with Gasteiger partial charge in [0.25, 0.3) is 0 Å². The van der Waals surface area contributed by atoms with Crippen molar-refractivity contribution in [2.75, 3.05) is 19.8 Å². The SMILES string of the molecule is CC(=O)C(C)(C)OCc1cc(-c2cccc(OCC3COC3)c2)n(Cc2ccccc2Cl)n1. The highest BCUT2D eigenvalue weighted by Gasteiger charge is 2.25. The Balaban J connectivity index is 1.61. The van der Waals surface area contributed by atoms with Gasteiger partial charge in [-0.1, -0.05) is 41.9 Å². The second-order valence-corrected chi connectivity index (χ2v) is 9.27. The monoisotopic (exact) mass is 468 g/mol. The van der Waals surface area contributed by atoms with Gasteiger partial charge >= 0.3 is 0 Å². The lowest BCUT2D eigenvalue weighted by Crippen LogP contribution is -2.32. The van der Waals surface area contributed by atoms with Gasteiger partial charge in [-0.2, -0.15) is 5.10 Å². The van der Waals surface area contributed by atoms with Crippen LogP contribution in [0.15, 0.2) is 54.6 Å². The Bertz CT molecular complexity index is 1120. The summed E-state index contributed by atoms with van der Waals surface area (Å²) in [5, 5.41) is 5.47. The van der Waals surface area contributed by atoms with E-state index in [0.717, 1.165) is 41.5 Å². The van der Waals surface area contributed by atoms with Crippen LogP contribution in [0.4, 0.5) is 0 Å². The second-order valence-electron chi connectivity index (χ2n) is 8.87. The highest BCUT2D eigenvalue weighted by molar-refractivity contribution is 6.31. The summed E-state index contributed by atoms with van der Waals surface area (Å²) in [6.07, 6.45) is 0. The molecule has 0 N–H and O–H groups in total. The second kappa shape index (κ2) is 10.1. The van der Waals surface area contributed by atoms with Crippen LogP contribution in [0.2, 0.25) is 5.02 Å². The van der Waals surface area contributed by atoms with Gasteiger partial charge in [-0.15, -0.1) is 0 Å². The van der Waals surface area contributed by atoms with Crippen molar-refractivity contribution in [3.05, 3.63) is 70.9 Å². The van der Waals surface area contributed by atoms with Crippen molar-refractivity contribution >= 4 is 17.4 Å². The molecule has 0 bridgehead atoms. The fourth-order valence-corrected chi connectivity index (χ4v) is 3.57. The summed E-state index contributed by atoms with van der Waals surface area (Å²) in [4.78, 5) is 11.8. The molecule has 0 radical (unpaired) electrons. The Morgan fingerprint density at radius 1 is 1.18 bits per heavy atom. The number of nitrogens with zero attached hydrogens (tertiary/aromatic N) is 2. The Hall–Kier alpha value is -2.67. The number of ketones is 1. The number of Topliss-reactive ketones (excluding diaryl/α,β-unsaturated/α-hetero) is 1. The molecule has 174 valence electrons. The van der Waals surface area contributed by atoms with Gasteiger partial charge in [-0.3, -0.25) is 9.48 Å². The van der Waals surface area contributed by atoms with Crippen LogP contribution in [0.1, 0.15) is 32.0 Å². The number of benzene rings is 2. The van der Waals surface area contributed by atoms with Crippen LogP contribution in [-0.2, 0) is 27.4 Å². The minimum Gasteiger partial charge on any atom is -0.493 e. The van der Waals surface area contributed by atoms with E-state index < -0.39 is 5.60 Å². The Morgan fingerprint density at radius 3 is 2.67 bits per heavy atom. The van der Waals surface area contributed by atoms with Crippen LogP contribution < -0.4 is 4.74 Å². The normalized spacial score (nSPS) is 14.2. The molecule has 0 aliphatic carbocycles. The molecule has 0 spiro atoms. The lowest BCUT2D eigenvalue weighted by molar-refractivity contribution is -0.139. The number of carbonyl (C=O) groups is 1. The summed E-state index contributed by atoms with van der Waals surface area (Å²) in [7, 11) is 0. The first-order chi connectivity index (χ1) is 15.8. The number of hydrogen-bond donors (Lipinski definition) is 0. The van der Waals surface area contributed by atoms with Gasteiger partial charge in [-0.25, -0.2) is 0 Å². The van der Waals surface area contributed by atoms with E-state index in [9.17, 15) is 4.79 Å². The van der Waals surface area contributed by atoms with E-state index in [1.54, 1.807) is 13.8 Å². The van der Waals surface area contributed by atoms with Gasteiger partial charge in [0.2, 0.25) is 0 Å². The van der Waals surface area contributed by atoms with E-state index in [0.29, 0.717) is 24.1 Å². The third-order valence-corrected chi connectivity index (χ3v) is 6.23. The number of rotatable bonds is 10. The van der Waals surface area contributed by atoms with Crippen LogP contribution in [0.25, 0.3) is 11.3 Å². The van der Waals surface area contributed by atoms with Gasteiger partial charge in [0.05, 0.1) is 44.4 Å². The fraction of sp³-hybridized carbons (Fsp3) is 0.385. The van der Waals surface area contributed by atoms with E-state index in [4.69, 9.17) is 30.9 Å². The van der Waals surface area contributed by atoms with Gasteiger partial charge in [-0.05, 0) is 50.6 Å². The van der Waals surface area contributed by atoms with Crippen LogP contribution >= 0.6 is 11.6 Å². The van der Waals surface area contributed by atoms with Crippen molar-refractivity contribution < 1.29 is 19.0 Å². The molecule has 7 heteroatoms. The van der Waals surface area contributed by atoms with E-state index in [2.05, 4.69) is 0 Å². The molecule has 2 aromatic carbocycles. The first-order valence-corrected chi connectivity index (χ1v) is 11.5. The van der Waals surface area contributed by atoms with Crippen LogP contribution in [0.3, 0.4) is 0 Å². The maximum Gasteiger partial charge on any atom is 0.161 e. The molecule has 1 aliphatic rings. The zero-order valence-electron chi connectivity index (χ0n) is 19.2. The van der Waals surface area contributed by atoms with Crippen molar-refractivity contribution in [2.45, 2.75) is 39.5 Å². The minimum atomic E-state index is -0.869. The first-order valence-electron chi connectivity index (χ1n) is 11.1. The van der Waals surface area contributed by atoms with Gasteiger partial charge in [0.1, 0.15) is 11.4 Å². The molecule has 3 aromatic rings. The number of carbonyl (C=O) groups excluding carboxylic acids is 1. The predicted molar refractivity (Wildman–Crippen MR) is 128 cm³/mol. The standard InChI is InChI=1S/C26H29ClN2O4/c1-18(30)26(2,3)33-17-22-12-25(29(28-22)13-21-7-4-5-10-24(21)27)20-8-6-9-23(11-20)32-16-19-14-31-15-19/h4-12,19H,13-17H2,1-3H3. The van der Waals surface area contributed by atoms with E-state index in [1.165, 1.54) is 6.92 Å². The first kappa shape index (κ1) is 23.5. The largest absolute Gasteiger partial charge is 0.493 e. The summed E-state index contributed by atoms with van der Waals surface area (Å²) >= 11 is 6.42. The highest BCUT2D eigenvalue weighted by Crippen LogP contribution is 2.28. The van der Waals surface area contributed by atoms with Gasteiger partial charge in [0, 0.05) is 16.5 Å². The lowest BCUT2D eigenvalue weighted by atomic mass is 10.1. The molecule has 1 aliphatic heterocycles. The Labute approximate surface area is 199 Å². The van der Waals surface area contributed by atoms with Crippen LogP contribution in [0.5, 0.6) is 5.75 Å². The highest BCUT2D eigenvalue weighted by atomic mass is 35.5. The number of hydrogen-bond acceptors (Lipinski definition) is 5. The van der Waals surface area contributed by atoms with E-state index in [1.807, 2.05) is 59.3 Å². The smallest absolute Gasteiger partial charge is 0.161 e. The molecule has 4 rings (SSSR count). The van der Waals surface area contributed by atoms with E-state index in [-0.39, 0.29) is 12.4 Å². The van der Waals surface area contributed by atoms with Crippen molar-refractivity contribution in [3.8, 4) is 17.0 Å². The Kier molecular flexibility index (Phi) is 7.17. The molecular weight excluding hydrogens is 440 g/mol. The predicted octanol–water partition coefficient (Wildman–Crippen LogP) is 5.16. The number of aromatic nitrogens is 2. The Morgan fingerprint density at radius 2 is 1.97 bits per heavy atom. The van der Waals surface area contributed by atoms with Gasteiger partial charge in [0.15, 0.2) is 5.78 Å². The molecule has 1 fully saturated rings. The summed E-state index contributed by atoms with van der Waals surface area (Å²) in [6, 6.07) is 17.7. The molecule has 1 saturated heterocycles. The third-order valence-electron chi connectivity index (χ3n) is 5.86.